The van der Waals surface area contributed by atoms with Crippen molar-refractivity contribution in [2.45, 2.75) is 64.1 Å². The summed E-state index contributed by atoms with van der Waals surface area (Å²) in [5.74, 6) is 0.104. The molecule has 2 aliphatic rings. The van der Waals surface area contributed by atoms with Crippen molar-refractivity contribution >= 4 is 13.3 Å². The molecule has 108 valence electrons. The first kappa shape index (κ1) is 14.8. The summed E-state index contributed by atoms with van der Waals surface area (Å²) < 4.78 is 12.1. The highest BCUT2D eigenvalue weighted by Crippen LogP contribution is 2.41. The van der Waals surface area contributed by atoms with Crippen LogP contribution in [0.5, 0.6) is 0 Å². The van der Waals surface area contributed by atoms with Crippen LogP contribution in [0.1, 0.15) is 41.5 Å². The van der Waals surface area contributed by atoms with Crippen LogP contribution in [0.2, 0.25) is 5.82 Å². The lowest BCUT2D eigenvalue weighted by Gasteiger charge is -2.32. The van der Waals surface area contributed by atoms with Gasteiger partial charge in [-0.25, -0.2) is 0 Å². The third kappa shape index (κ3) is 2.53. The monoisotopic (exact) mass is 268 g/mol. The molecule has 0 radical (unpaired) electrons. The average molecular weight is 268 g/mol. The average Bonchev–Trinajstić information content (AvgIpc) is 2.83. The van der Waals surface area contributed by atoms with Crippen molar-refractivity contribution in [3.63, 3.8) is 0 Å². The molecule has 5 nitrogen and oxygen atoms in total. The number of hydrogen-bond acceptors (Lipinski definition) is 5. The van der Waals surface area contributed by atoms with Gasteiger partial charge in [0.05, 0.1) is 29.2 Å². The Kier molecular flexibility index (Phi) is 3.48. The number of aliphatic hydroxyl groups excluding tert-OH is 1. The second-order valence-corrected chi connectivity index (χ2v) is 7.11. The Morgan fingerprint density at radius 2 is 1.84 bits per heavy atom. The van der Waals surface area contributed by atoms with Gasteiger partial charge in [-0.2, -0.15) is 5.10 Å². The summed E-state index contributed by atoms with van der Waals surface area (Å²) in [7, 11) is -0.270. The van der Waals surface area contributed by atoms with E-state index in [1.807, 2.05) is 25.1 Å². The molecule has 1 fully saturated rings. The maximum Gasteiger partial charge on any atom is 0.468 e. The first-order valence-corrected chi connectivity index (χ1v) is 6.87. The van der Waals surface area contributed by atoms with Gasteiger partial charge < -0.3 is 14.4 Å². The van der Waals surface area contributed by atoms with Gasteiger partial charge in [-0.15, -0.1) is 0 Å². The van der Waals surface area contributed by atoms with Crippen molar-refractivity contribution in [3.05, 3.63) is 0 Å². The molecular weight excluding hydrogens is 243 g/mol. The number of aliphatic hydroxyl groups is 1. The van der Waals surface area contributed by atoms with Crippen LogP contribution < -0.4 is 0 Å². The Hall–Kier alpha value is -0.585. The van der Waals surface area contributed by atoms with E-state index < -0.39 is 0 Å². The standard InChI is InChI=1S/C13H25BN2O3/c1-11(2,9-17)16-8-10(7-15-16)14-18-12(3,4)13(5,6)19-14/h7,10,17H,8-9H2,1-6H3. The molecule has 0 aromatic heterocycles. The second-order valence-electron chi connectivity index (χ2n) is 7.11. The first-order valence-electron chi connectivity index (χ1n) is 6.87. The second kappa shape index (κ2) is 4.47. The van der Waals surface area contributed by atoms with Crippen LogP contribution in [0.4, 0.5) is 0 Å². The summed E-state index contributed by atoms with van der Waals surface area (Å²) in [6, 6.07) is 0. The van der Waals surface area contributed by atoms with Gasteiger partial charge in [0.15, 0.2) is 0 Å². The summed E-state index contributed by atoms with van der Waals surface area (Å²) in [4.78, 5) is 0. The van der Waals surface area contributed by atoms with Crippen LogP contribution >= 0.6 is 0 Å². The molecular formula is C13H25BN2O3. The fourth-order valence-corrected chi connectivity index (χ4v) is 2.16. The smallest absolute Gasteiger partial charge is 0.403 e. The minimum Gasteiger partial charge on any atom is -0.403 e. The molecule has 1 unspecified atom stereocenters. The molecule has 2 heterocycles. The van der Waals surface area contributed by atoms with Gasteiger partial charge in [-0.1, -0.05) is 0 Å². The number of rotatable bonds is 3. The normalized spacial score (nSPS) is 29.3. The van der Waals surface area contributed by atoms with Crippen molar-refractivity contribution in [1.29, 1.82) is 0 Å². The lowest BCUT2D eigenvalue weighted by Crippen LogP contribution is -2.44. The molecule has 1 N–H and O–H groups in total. The van der Waals surface area contributed by atoms with Gasteiger partial charge in [-0.05, 0) is 41.5 Å². The maximum atomic E-state index is 9.39. The van der Waals surface area contributed by atoms with Crippen molar-refractivity contribution in [2.75, 3.05) is 13.2 Å². The molecule has 0 spiro atoms. The number of nitrogens with zero attached hydrogens (tertiary/aromatic N) is 2. The molecule has 19 heavy (non-hydrogen) atoms. The molecule has 1 saturated heterocycles. The Morgan fingerprint density at radius 1 is 1.32 bits per heavy atom. The summed E-state index contributed by atoms with van der Waals surface area (Å²) >= 11 is 0. The van der Waals surface area contributed by atoms with Crippen molar-refractivity contribution in [1.82, 2.24) is 5.01 Å². The molecule has 2 rings (SSSR count). The van der Waals surface area contributed by atoms with E-state index in [2.05, 4.69) is 32.8 Å². The molecule has 0 saturated carbocycles. The molecule has 2 aliphatic heterocycles. The largest absolute Gasteiger partial charge is 0.468 e. The van der Waals surface area contributed by atoms with Gasteiger partial charge >= 0.3 is 7.12 Å². The molecule has 0 aromatic rings. The Labute approximate surface area is 116 Å². The molecule has 1 atom stereocenters. The lowest BCUT2D eigenvalue weighted by atomic mass is 9.72. The van der Waals surface area contributed by atoms with Crippen LogP contribution in [0, 0.1) is 0 Å². The van der Waals surface area contributed by atoms with E-state index in [-0.39, 0.29) is 36.3 Å². The van der Waals surface area contributed by atoms with E-state index in [4.69, 9.17) is 9.31 Å². The lowest BCUT2D eigenvalue weighted by molar-refractivity contribution is 0.00578. The molecule has 0 aliphatic carbocycles. The van der Waals surface area contributed by atoms with Gasteiger partial charge in [-0.3, -0.25) is 5.01 Å². The highest BCUT2D eigenvalue weighted by Gasteiger charge is 2.54. The minimum atomic E-state index is -0.352. The third-order valence-electron chi connectivity index (χ3n) is 4.49. The predicted molar refractivity (Wildman–Crippen MR) is 76.2 cm³/mol. The van der Waals surface area contributed by atoms with Crippen LogP contribution in [0.3, 0.4) is 0 Å². The summed E-state index contributed by atoms with van der Waals surface area (Å²) in [6.45, 7) is 12.9. The van der Waals surface area contributed by atoms with Crippen LogP contribution in [0.25, 0.3) is 0 Å². The summed E-state index contributed by atoms with van der Waals surface area (Å²) in [5.41, 5.74) is -0.980. The van der Waals surface area contributed by atoms with Crippen molar-refractivity contribution in [3.8, 4) is 0 Å². The van der Waals surface area contributed by atoms with Gasteiger partial charge in [0.25, 0.3) is 0 Å². The number of hydrogen-bond donors (Lipinski definition) is 1. The van der Waals surface area contributed by atoms with E-state index in [9.17, 15) is 5.11 Å². The van der Waals surface area contributed by atoms with Gasteiger partial charge in [0.1, 0.15) is 0 Å². The summed E-state index contributed by atoms with van der Waals surface area (Å²) in [6.07, 6.45) is 1.87. The minimum absolute atomic E-state index is 0.0699. The van der Waals surface area contributed by atoms with E-state index in [1.54, 1.807) is 0 Å². The molecule has 6 heteroatoms. The molecule has 0 amide bonds. The third-order valence-corrected chi connectivity index (χ3v) is 4.49. The zero-order valence-corrected chi connectivity index (χ0v) is 12.8. The van der Waals surface area contributed by atoms with E-state index in [0.29, 0.717) is 6.54 Å². The Balaban J connectivity index is 2.03. The van der Waals surface area contributed by atoms with Crippen LogP contribution in [-0.2, 0) is 9.31 Å². The summed E-state index contributed by atoms with van der Waals surface area (Å²) in [5, 5.41) is 15.7. The maximum absolute atomic E-state index is 9.39. The molecule has 0 bridgehead atoms. The first-order chi connectivity index (χ1) is 8.59. The topological polar surface area (TPSA) is 54.3 Å². The van der Waals surface area contributed by atoms with E-state index in [1.165, 1.54) is 0 Å². The van der Waals surface area contributed by atoms with Gasteiger partial charge in [0.2, 0.25) is 0 Å². The predicted octanol–water partition coefficient (Wildman–Crippen LogP) is 1.52. The zero-order chi connectivity index (χ0) is 14.5. The highest BCUT2D eigenvalue weighted by molar-refractivity contribution is 6.52. The fraction of sp³-hybridized carbons (Fsp3) is 0.923. The van der Waals surface area contributed by atoms with E-state index >= 15 is 0 Å². The van der Waals surface area contributed by atoms with Crippen LogP contribution in [0.15, 0.2) is 5.10 Å². The van der Waals surface area contributed by atoms with Crippen molar-refractivity contribution < 1.29 is 14.4 Å². The number of hydrazone groups is 1. The fourth-order valence-electron chi connectivity index (χ4n) is 2.16. The van der Waals surface area contributed by atoms with Gasteiger partial charge in [0, 0.05) is 12.8 Å². The molecule has 0 aromatic carbocycles. The van der Waals surface area contributed by atoms with E-state index in [0.717, 1.165) is 0 Å². The zero-order valence-electron chi connectivity index (χ0n) is 12.8. The highest BCUT2D eigenvalue weighted by atomic mass is 16.7. The Morgan fingerprint density at radius 3 is 2.32 bits per heavy atom. The quantitative estimate of drug-likeness (QED) is 0.788. The van der Waals surface area contributed by atoms with Crippen LogP contribution in [-0.4, -0.2) is 53.3 Å². The van der Waals surface area contributed by atoms with Crippen molar-refractivity contribution in [2.24, 2.45) is 5.10 Å². The SMILES string of the molecule is CC(C)(CO)N1CC(B2OC(C)(C)C(C)(C)O2)C=N1. The Bertz CT molecular complexity index is 366.